The minimum atomic E-state index is -1.30. The van der Waals surface area contributed by atoms with Gasteiger partial charge in [-0.15, -0.1) is 0 Å². The van der Waals surface area contributed by atoms with Crippen molar-refractivity contribution in [2.24, 2.45) is 0 Å². The van der Waals surface area contributed by atoms with Gasteiger partial charge in [-0.3, -0.25) is 0 Å². The maximum Gasteiger partial charge on any atom is 0.591 e. The fourth-order valence-corrected chi connectivity index (χ4v) is 3.24. The van der Waals surface area contributed by atoms with Gasteiger partial charge in [-0.05, 0) is 6.42 Å². The summed E-state index contributed by atoms with van der Waals surface area (Å²) >= 11 is -1.30. The Morgan fingerprint density at radius 2 is 1.69 bits per heavy atom. The third-order valence-corrected chi connectivity index (χ3v) is 4.57. The van der Waals surface area contributed by atoms with Gasteiger partial charge in [-0.2, -0.15) is 0 Å². The van der Waals surface area contributed by atoms with E-state index in [1.54, 1.807) is 0 Å². The van der Waals surface area contributed by atoms with Gasteiger partial charge in [0.15, 0.2) is 0 Å². The Hall–Kier alpha value is 0.782. The smallest absolute Gasteiger partial charge is 0.489 e. The molecule has 1 nitrogen and oxygen atoms in total. The van der Waals surface area contributed by atoms with E-state index in [1.165, 1.54) is 38.5 Å². The van der Waals surface area contributed by atoms with Crippen molar-refractivity contribution in [3.8, 4) is 0 Å². The number of hydrogen-bond acceptors (Lipinski definition) is 1. The molecule has 0 aromatic rings. The lowest BCUT2D eigenvalue weighted by atomic mass is 10.2. The summed E-state index contributed by atoms with van der Waals surface area (Å²) in [6, 6.07) is 0. The molecule has 0 fully saturated rings. The number of unbranched alkanes of at least 4 members (excludes halogenated alkanes) is 4. The fourth-order valence-electron chi connectivity index (χ4n) is 1.19. The SMILES string of the molecule is CCCCCC[O][Al]([Cl])[CH2]CCC. The Labute approximate surface area is 91.7 Å². The van der Waals surface area contributed by atoms with Crippen LogP contribution >= 0.6 is 10.0 Å². The third kappa shape index (κ3) is 10.7. The Morgan fingerprint density at radius 3 is 2.31 bits per heavy atom. The van der Waals surface area contributed by atoms with Crippen molar-refractivity contribution in [1.82, 2.24) is 0 Å². The summed E-state index contributed by atoms with van der Waals surface area (Å²) in [5, 5.41) is 1.13. The molecule has 0 aromatic carbocycles. The topological polar surface area (TPSA) is 9.23 Å². The molecule has 0 rings (SSSR count). The van der Waals surface area contributed by atoms with E-state index in [2.05, 4.69) is 13.8 Å². The van der Waals surface area contributed by atoms with Crippen molar-refractivity contribution >= 4 is 23.6 Å². The first-order chi connectivity index (χ1) is 6.31. The molecule has 13 heavy (non-hydrogen) atoms. The van der Waals surface area contributed by atoms with E-state index in [4.69, 9.17) is 13.8 Å². The summed E-state index contributed by atoms with van der Waals surface area (Å²) in [6.07, 6.45) is 7.56. The van der Waals surface area contributed by atoms with Crippen LogP contribution in [0.25, 0.3) is 0 Å². The Kier molecular flexibility index (Phi) is 11.5. The fraction of sp³-hybridized carbons (Fsp3) is 1.00. The first-order valence-corrected chi connectivity index (χ1v) is 8.60. The lowest BCUT2D eigenvalue weighted by Crippen LogP contribution is -2.11. The lowest BCUT2D eigenvalue weighted by Gasteiger charge is -2.05. The summed E-state index contributed by atoms with van der Waals surface area (Å²) in [6.45, 7) is 5.31. The molecule has 78 valence electrons. The van der Waals surface area contributed by atoms with Crippen molar-refractivity contribution in [3.05, 3.63) is 0 Å². The van der Waals surface area contributed by atoms with Crippen LogP contribution in [0.3, 0.4) is 0 Å². The zero-order valence-electron chi connectivity index (χ0n) is 9.02. The minimum absolute atomic E-state index is 0.893. The maximum atomic E-state index is 6.09. The molecule has 0 heterocycles. The average molecular weight is 221 g/mol. The van der Waals surface area contributed by atoms with Crippen molar-refractivity contribution in [2.75, 3.05) is 6.61 Å². The van der Waals surface area contributed by atoms with E-state index < -0.39 is 13.6 Å². The molecule has 0 spiro atoms. The van der Waals surface area contributed by atoms with Crippen molar-refractivity contribution in [3.63, 3.8) is 0 Å². The van der Waals surface area contributed by atoms with Crippen molar-refractivity contribution in [1.29, 1.82) is 0 Å². The van der Waals surface area contributed by atoms with Crippen LogP contribution in [0.15, 0.2) is 0 Å². The molecule has 0 bridgehead atoms. The molecule has 0 saturated heterocycles. The Balaban J connectivity index is 3.03. The predicted octanol–water partition coefficient (Wildman–Crippen LogP) is 4.11. The highest BCUT2D eigenvalue weighted by molar-refractivity contribution is 7.03. The summed E-state index contributed by atoms with van der Waals surface area (Å²) in [7, 11) is 6.09. The van der Waals surface area contributed by atoms with E-state index in [0.29, 0.717) is 0 Å². The van der Waals surface area contributed by atoms with Gasteiger partial charge in [0.2, 0.25) is 0 Å². The maximum absolute atomic E-state index is 6.09. The first kappa shape index (κ1) is 13.8. The van der Waals surface area contributed by atoms with Crippen LogP contribution in [0, 0.1) is 0 Å². The molecule has 0 atom stereocenters. The molecule has 0 radical (unpaired) electrons. The molecule has 0 aliphatic rings. The lowest BCUT2D eigenvalue weighted by molar-refractivity contribution is 0.315. The van der Waals surface area contributed by atoms with E-state index in [0.717, 1.165) is 11.9 Å². The van der Waals surface area contributed by atoms with Gasteiger partial charge >= 0.3 is 13.6 Å². The predicted molar refractivity (Wildman–Crippen MR) is 61.4 cm³/mol. The molecular weight excluding hydrogens is 199 g/mol. The second-order valence-corrected chi connectivity index (χ2v) is 6.67. The third-order valence-electron chi connectivity index (χ3n) is 2.08. The molecule has 0 unspecified atom stereocenters. The van der Waals surface area contributed by atoms with Gasteiger partial charge in [0.1, 0.15) is 0 Å². The highest BCUT2D eigenvalue weighted by Gasteiger charge is 2.15. The number of halogens is 1. The summed E-state index contributed by atoms with van der Waals surface area (Å²) in [4.78, 5) is 0. The van der Waals surface area contributed by atoms with Gasteiger partial charge in [-0.25, -0.2) is 10.0 Å². The van der Waals surface area contributed by atoms with Gasteiger partial charge in [0.25, 0.3) is 0 Å². The zero-order chi connectivity index (χ0) is 9.94. The summed E-state index contributed by atoms with van der Waals surface area (Å²) < 4.78 is 5.59. The van der Waals surface area contributed by atoms with Gasteiger partial charge in [0, 0.05) is 6.61 Å². The van der Waals surface area contributed by atoms with Crippen LogP contribution < -0.4 is 0 Å². The van der Waals surface area contributed by atoms with Gasteiger partial charge < -0.3 is 3.79 Å². The molecule has 0 aliphatic carbocycles. The summed E-state index contributed by atoms with van der Waals surface area (Å²) in [5.74, 6) is 0. The van der Waals surface area contributed by atoms with Crippen molar-refractivity contribution < 1.29 is 3.79 Å². The highest BCUT2D eigenvalue weighted by Crippen LogP contribution is 2.07. The van der Waals surface area contributed by atoms with Gasteiger partial charge in [0.05, 0.1) is 0 Å². The molecule has 0 amide bonds. The Morgan fingerprint density at radius 1 is 1.00 bits per heavy atom. The molecule has 0 N–H and O–H groups in total. The summed E-state index contributed by atoms with van der Waals surface area (Å²) in [5.41, 5.74) is 0. The van der Waals surface area contributed by atoms with Crippen LogP contribution in [-0.2, 0) is 3.79 Å². The minimum Gasteiger partial charge on any atom is -0.489 e. The number of hydrogen-bond donors (Lipinski definition) is 0. The average Bonchev–Trinajstić information content (AvgIpc) is 2.14. The van der Waals surface area contributed by atoms with Crippen LogP contribution in [0.1, 0.15) is 52.4 Å². The second kappa shape index (κ2) is 10.9. The zero-order valence-corrected chi connectivity index (χ0v) is 10.9. The molecule has 0 saturated carbocycles. The van der Waals surface area contributed by atoms with Gasteiger partial charge in [-0.1, -0.05) is 51.2 Å². The monoisotopic (exact) mass is 220 g/mol. The second-order valence-electron chi connectivity index (χ2n) is 3.48. The van der Waals surface area contributed by atoms with E-state index in [1.807, 2.05) is 0 Å². The number of rotatable bonds is 9. The largest absolute Gasteiger partial charge is 0.591 e. The first-order valence-electron chi connectivity index (χ1n) is 5.57. The van der Waals surface area contributed by atoms with Crippen LogP contribution in [-0.4, -0.2) is 20.2 Å². The van der Waals surface area contributed by atoms with Crippen molar-refractivity contribution in [2.45, 2.75) is 57.7 Å². The normalized spacial score (nSPS) is 10.4. The van der Waals surface area contributed by atoms with E-state index in [-0.39, 0.29) is 0 Å². The molecule has 0 aromatic heterocycles. The van der Waals surface area contributed by atoms with E-state index in [9.17, 15) is 0 Å². The van der Waals surface area contributed by atoms with E-state index >= 15 is 0 Å². The quantitative estimate of drug-likeness (QED) is 0.420. The molecule has 3 heteroatoms. The highest BCUT2D eigenvalue weighted by atomic mass is 35.6. The standard InChI is InChI=1S/C6H13O.C4H9.Al.ClH/c1-2-3-4-5-6-7;1-3-4-2;;/h2-6H2,1H3;1,3-4H2,2H3;;1H/q-1;;+2;/p-1. The van der Waals surface area contributed by atoms with Crippen LogP contribution in [0.4, 0.5) is 0 Å². The Bertz CT molecular complexity index is 101. The molecular formula is C10H22AlClO. The van der Waals surface area contributed by atoms with Crippen LogP contribution in [0.5, 0.6) is 0 Å². The van der Waals surface area contributed by atoms with Crippen LogP contribution in [0.2, 0.25) is 5.28 Å². The molecule has 0 aliphatic heterocycles.